The maximum atomic E-state index is 11.5. The highest BCUT2D eigenvalue weighted by molar-refractivity contribution is 5.95. The van der Waals surface area contributed by atoms with Crippen LogP contribution in [0.1, 0.15) is 12.5 Å². The summed E-state index contributed by atoms with van der Waals surface area (Å²) < 4.78 is 10.9. The first-order valence-electron chi connectivity index (χ1n) is 9.34. The van der Waals surface area contributed by atoms with Gasteiger partial charge in [0.1, 0.15) is 11.6 Å². The summed E-state index contributed by atoms with van der Waals surface area (Å²) in [5.74, 6) is 2.28. The van der Waals surface area contributed by atoms with Crippen molar-refractivity contribution in [1.82, 2.24) is 9.88 Å². The molecule has 142 valence electrons. The lowest BCUT2D eigenvalue weighted by Gasteiger charge is -2.35. The summed E-state index contributed by atoms with van der Waals surface area (Å²) in [7, 11) is 0. The van der Waals surface area contributed by atoms with Crippen LogP contribution in [0.2, 0.25) is 0 Å². The van der Waals surface area contributed by atoms with Crippen LogP contribution in [-0.2, 0) is 11.3 Å². The van der Waals surface area contributed by atoms with E-state index < -0.39 is 0 Å². The molecule has 0 aliphatic carbocycles. The maximum Gasteiger partial charge on any atom is 0.262 e. The van der Waals surface area contributed by atoms with E-state index in [0.29, 0.717) is 12.5 Å². The van der Waals surface area contributed by atoms with Gasteiger partial charge < -0.3 is 19.7 Å². The minimum atomic E-state index is -0.102. The molecule has 1 N–H and O–H groups in total. The first-order chi connectivity index (χ1) is 13.2. The highest BCUT2D eigenvalue weighted by Gasteiger charge is 2.20. The summed E-state index contributed by atoms with van der Waals surface area (Å²) in [6.45, 7) is 7.29. The number of anilines is 2. The van der Waals surface area contributed by atoms with Crippen LogP contribution in [0.25, 0.3) is 0 Å². The molecule has 27 heavy (non-hydrogen) atoms. The fraction of sp³-hybridized carbons (Fsp3) is 0.400. The predicted octanol–water partition coefficient (Wildman–Crippen LogP) is 2.13. The van der Waals surface area contributed by atoms with E-state index in [1.54, 1.807) is 0 Å². The second-order valence-corrected chi connectivity index (χ2v) is 6.70. The first-order valence-corrected chi connectivity index (χ1v) is 9.34. The third-order valence-electron chi connectivity index (χ3n) is 4.78. The highest BCUT2D eigenvalue weighted by Crippen LogP contribution is 2.29. The quantitative estimate of drug-likeness (QED) is 0.872. The van der Waals surface area contributed by atoms with E-state index in [0.717, 1.165) is 50.0 Å². The molecule has 0 unspecified atom stereocenters. The van der Waals surface area contributed by atoms with Gasteiger partial charge in [-0.2, -0.15) is 4.98 Å². The topological polar surface area (TPSA) is 66.9 Å². The van der Waals surface area contributed by atoms with Gasteiger partial charge in [-0.05, 0) is 30.7 Å². The van der Waals surface area contributed by atoms with Crippen LogP contribution in [0.15, 0.2) is 36.4 Å². The third kappa shape index (κ3) is 4.14. The third-order valence-corrected chi connectivity index (χ3v) is 4.78. The van der Waals surface area contributed by atoms with Gasteiger partial charge in [-0.15, -0.1) is 0 Å². The Hall–Kier alpha value is -2.80. The molecule has 0 bridgehead atoms. The average molecular weight is 368 g/mol. The number of carbonyl (C=O) groups excluding carboxylic acids is 1. The van der Waals surface area contributed by atoms with Crippen LogP contribution in [0.3, 0.4) is 0 Å². The zero-order valence-electron chi connectivity index (χ0n) is 15.5. The number of pyridine rings is 1. The fourth-order valence-corrected chi connectivity index (χ4v) is 3.43. The number of ether oxygens (including phenoxy) is 2. The lowest BCUT2D eigenvalue weighted by molar-refractivity contribution is -0.118. The molecule has 0 spiro atoms. The summed E-state index contributed by atoms with van der Waals surface area (Å²) >= 11 is 0. The molecule has 7 nitrogen and oxygen atoms in total. The van der Waals surface area contributed by atoms with E-state index >= 15 is 0 Å². The number of carbonyl (C=O) groups is 1. The van der Waals surface area contributed by atoms with Crippen molar-refractivity contribution in [2.45, 2.75) is 13.5 Å². The van der Waals surface area contributed by atoms with E-state index in [1.165, 1.54) is 5.56 Å². The van der Waals surface area contributed by atoms with Crippen LogP contribution >= 0.6 is 0 Å². The summed E-state index contributed by atoms with van der Waals surface area (Å²) in [6, 6.07) is 11.9. The molecule has 0 saturated carbocycles. The van der Waals surface area contributed by atoms with Gasteiger partial charge in [0.2, 0.25) is 5.88 Å². The largest absolute Gasteiger partial charge is 0.482 e. The van der Waals surface area contributed by atoms with Crippen LogP contribution in [-0.4, -0.2) is 55.2 Å². The van der Waals surface area contributed by atoms with E-state index in [1.807, 2.05) is 37.3 Å². The molecule has 2 aromatic rings. The van der Waals surface area contributed by atoms with Crippen molar-refractivity contribution in [3.8, 4) is 11.6 Å². The van der Waals surface area contributed by atoms with E-state index in [4.69, 9.17) is 9.47 Å². The standard InChI is InChI=1S/C20H24N4O3/c1-2-26-20-5-3-4-18(22-20)24-10-8-23(9-11-24)13-15-6-7-17-16(12-15)21-19(25)14-27-17/h3-7,12H,2,8-11,13-14H2,1H3,(H,21,25). The number of amides is 1. The van der Waals surface area contributed by atoms with Gasteiger partial charge >= 0.3 is 0 Å². The zero-order chi connectivity index (χ0) is 18.6. The number of benzene rings is 1. The minimum Gasteiger partial charge on any atom is -0.482 e. The van der Waals surface area contributed by atoms with Crippen LogP contribution in [0, 0.1) is 0 Å². The lowest BCUT2D eigenvalue weighted by Crippen LogP contribution is -2.46. The number of nitrogens with one attached hydrogen (secondary N) is 1. The molecule has 1 aromatic carbocycles. The molecule has 7 heteroatoms. The number of hydrogen-bond acceptors (Lipinski definition) is 6. The van der Waals surface area contributed by atoms with E-state index in [9.17, 15) is 4.79 Å². The van der Waals surface area contributed by atoms with Crippen LogP contribution in [0.5, 0.6) is 11.6 Å². The fourth-order valence-electron chi connectivity index (χ4n) is 3.43. The Morgan fingerprint density at radius 3 is 2.85 bits per heavy atom. The van der Waals surface area contributed by atoms with Gasteiger partial charge in [0.25, 0.3) is 5.91 Å². The Balaban J connectivity index is 1.35. The maximum absolute atomic E-state index is 11.5. The molecular formula is C20H24N4O3. The number of rotatable bonds is 5. The molecule has 1 saturated heterocycles. The molecule has 1 amide bonds. The summed E-state index contributed by atoms with van der Waals surface area (Å²) in [6.07, 6.45) is 0. The van der Waals surface area contributed by atoms with Gasteiger partial charge in [0.05, 0.1) is 12.3 Å². The minimum absolute atomic E-state index is 0.0901. The van der Waals surface area contributed by atoms with Crippen LogP contribution < -0.4 is 19.7 Å². The summed E-state index contributed by atoms with van der Waals surface area (Å²) in [5.41, 5.74) is 1.93. The number of hydrogen-bond donors (Lipinski definition) is 1. The molecule has 1 aromatic heterocycles. The number of piperazine rings is 1. The van der Waals surface area contributed by atoms with Crippen molar-refractivity contribution in [2.24, 2.45) is 0 Å². The predicted molar refractivity (Wildman–Crippen MR) is 103 cm³/mol. The second kappa shape index (κ2) is 7.84. The highest BCUT2D eigenvalue weighted by atomic mass is 16.5. The van der Waals surface area contributed by atoms with Crippen molar-refractivity contribution in [2.75, 3.05) is 49.6 Å². The van der Waals surface area contributed by atoms with Crippen molar-refractivity contribution < 1.29 is 14.3 Å². The molecule has 4 rings (SSSR count). The summed E-state index contributed by atoms with van der Waals surface area (Å²) in [4.78, 5) is 20.8. The molecule has 0 radical (unpaired) electrons. The molecule has 1 fully saturated rings. The number of fused-ring (bicyclic) bond motifs is 1. The molecular weight excluding hydrogens is 344 g/mol. The Labute approximate surface area is 158 Å². The zero-order valence-corrected chi connectivity index (χ0v) is 15.5. The van der Waals surface area contributed by atoms with Crippen molar-refractivity contribution in [3.05, 3.63) is 42.0 Å². The number of nitrogens with zero attached hydrogens (tertiary/aromatic N) is 3. The number of aromatic nitrogens is 1. The van der Waals surface area contributed by atoms with Gasteiger partial charge in [-0.25, -0.2) is 0 Å². The normalized spacial score (nSPS) is 17.1. The SMILES string of the molecule is CCOc1cccc(N2CCN(Cc3ccc4c(c3)NC(=O)CO4)CC2)n1. The monoisotopic (exact) mass is 368 g/mol. The van der Waals surface area contributed by atoms with Crippen molar-refractivity contribution in [3.63, 3.8) is 0 Å². The summed E-state index contributed by atoms with van der Waals surface area (Å²) in [5, 5.41) is 2.87. The van der Waals surface area contributed by atoms with Gasteiger partial charge in [0.15, 0.2) is 6.61 Å². The Kier molecular flexibility index (Phi) is 5.11. The first kappa shape index (κ1) is 17.6. The average Bonchev–Trinajstić information content (AvgIpc) is 2.69. The Morgan fingerprint density at radius 2 is 2.04 bits per heavy atom. The van der Waals surface area contributed by atoms with Crippen molar-refractivity contribution in [1.29, 1.82) is 0 Å². The van der Waals surface area contributed by atoms with Gasteiger partial charge in [0, 0.05) is 38.8 Å². The smallest absolute Gasteiger partial charge is 0.262 e. The Bertz CT molecular complexity index is 819. The lowest BCUT2D eigenvalue weighted by atomic mass is 10.1. The molecule has 0 atom stereocenters. The van der Waals surface area contributed by atoms with E-state index in [2.05, 4.69) is 26.2 Å². The van der Waals surface area contributed by atoms with Crippen LogP contribution in [0.4, 0.5) is 11.5 Å². The molecule has 2 aliphatic heterocycles. The van der Waals surface area contributed by atoms with E-state index in [-0.39, 0.29) is 12.5 Å². The Morgan fingerprint density at radius 1 is 1.19 bits per heavy atom. The molecule has 3 heterocycles. The van der Waals surface area contributed by atoms with Gasteiger partial charge in [-0.3, -0.25) is 9.69 Å². The van der Waals surface area contributed by atoms with Crippen molar-refractivity contribution >= 4 is 17.4 Å². The van der Waals surface area contributed by atoms with Gasteiger partial charge in [-0.1, -0.05) is 12.1 Å². The molecule has 2 aliphatic rings. The second-order valence-electron chi connectivity index (χ2n) is 6.70.